The summed E-state index contributed by atoms with van der Waals surface area (Å²) in [6.07, 6.45) is 0. The van der Waals surface area contributed by atoms with Crippen molar-refractivity contribution >= 4 is 11.6 Å². The van der Waals surface area contributed by atoms with E-state index >= 15 is 0 Å². The van der Waals surface area contributed by atoms with Gasteiger partial charge in [-0.1, -0.05) is 12.1 Å². The summed E-state index contributed by atoms with van der Waals surface area (Å²) < 4.78 is 13.8. The zero-order valence-corrected chi connectivity index (χ0v) is 11.7. The number of hydrogen-bond donors (Lipinski definition) is 1. The highest BCUT2D eigenvalue weighted by molar-refractivity contribution is 5.81. The maximum Gasteiger partial charge on any atom is 0.305 e. The monoisotopic (exact) mass is 283 g/mol. The normalized spacial score (nSPS) is 12.0. The number of carbonyl (C=O) groups is 1. The largest absolute Gasteiger partial charge is 0.345 e. The topological polar surface area (TPSA) is 75.5 Å². The highest BCUT2D eigenvalue weighted by atomic mass is 19.1. The van der Waals surface area contributed by atoms with Gasteiger partial charge in [-0.15, -0.1) is 0 Å². The Morgan fingerprint density at radius 2 is 2.20 bits per heavy atom. The van der Waals surface area contributed by atoms with Gasteiger partial charge in [0.1, 0.15) is 0 Å². The van der Waals surface area contributed by atoms with Gasteiger partial charge in [0, 0.05) is 31.8 Å². The van der Waals surface area contributed by atoms with Crippen LogP contribution in [0.25, 0.3) is 0 Å². The molecule has 0 aliphatic carbocycles. The molecule has 0 radical (unpaired) electrons. The van der Waals surface area contributed by atoms with E-state index in [0.29, 0.717) is 6.54 Å². The first-order chi connectivity index (χ1) is 9.38. The molecule has 110 valence electrons. The van der Waals surface area contributed by atoms with E-state index < -0.39 is 22.5 Å². The zero-order chi connectivity index (χ0) is 15.3. The highest BCUT2D eigenvalue weighted by Gasteiger charge is 2.19. The predicted molar refractivity (Wildman–Crippen MR) is 72.7 cm³/mol. The Hall–Kier alpha value is -2.02. The molecule has 1 amide bonds. The number of likely N-dealkylation sites (N-methyl/N-ethyl adjacent to an activating group) is 1. The van der Waals surface area contributed by atoms with Crippen molar-refractivity contribution in [1.82, 2.24) is 10.2 Å². The molecule has 0 spiro atoms. The molecule has 1 N–H and O–H groups in total. The van der Waals surface area contributed by atoms with Crippen LogP contribution in [-0.2, 0) is 11.3 Å². The summed E-state index contributed by atoms with van der Waals surface area (Å²) in [6.45, 7) is 4.16. The van der Waals surface area contributed by atoms with Gasteiger partial charge in [0.2, 0.25) is 11.7 Å². The summed E-state index contributed by atoms with van der Waals surface area (Å²) in [7, 11) is 1.68. The van der Waals surface area contributed by atoms with Crippen LogP contribution in [0.2, 0.25) is 0 Å². The van der Waals surface area contributed by atoms with E-state index in [4.69, 9.17) is 0 Å². The molecule has 1 aromatic carbocycles. The zero-order valence-electron chi connectivity index (χ0n) is 11.7. The Morgan fingerprint density at radius 1 is 1.55 bits per heavy atom. The van der Waals surface area contributed by atoms with Crippen molar-refractivity contribution in [3.63, 3.8) is 0 Å². The molecule has 0 saturated heterocycles. The molecular formula is C13H18FN3O3. The fourth-order valence-corrected chi connectivity index (χ4v) is 1.68. The summed E-state index contributed by atoms with van der Waals surface area (Å²) in [4.78, 5) is 23.2. The van der Waals surface area contributed by atoms with Gasteiger partial charge in [-0.25, -0.2) is 0 Å². The van der Waals surface area contributed by atoms with Gasteiger partial charge in [0.15, 0.2) is 0 Å². The Bertz CT molecular complexity index is 508. The molecule has 1 aromatic rings. The van der Waals surface area contributed by atoms with Gasteiger partial charge in [-0.2, -0.15) is 4.39 Å². The Balaban J connectivity index is 2.73. The summed E-state index contributed by atoms with van der Waals surface area (Å²) in [5, 5.41) is 13.5. The van der Waals surface area contributed by atoms with Crippen LogP contribution in [0.15, 0.2) is 18.2 Å². The van der Waals surface area contributed by atoms with Crippen LogP contribution in [-0.4, -0.2) is 35.4 Å². The average Bonchev–Trinajstić information content (AvgIpc) is 2.43. The first-order valence-corrected chi connectivity index (χ1v) is 6.28. The third kappa shape index (κ3) is 3.74. The molecule has 0 bridgehead atoms. The molecule has 0 saturated carbocycles. The van der Waals surface area contributed by atoms with Crippen LogP contribution < -0.4 is 5.32 Å². The Morgan fingerprint density at radius 3 is 2.75 bits per heavy atom. The molecule has 0 aliphatic heterocycles. The SMILES string of the molecule is CCN(C)C(=O)C(C)NCc1cccc([N+](=O)[O-])c1F. The lowest BCUT2D eigenvalue weighted by molar-refractivity contribution is -0.387. The number of benzene rings is 1. The van der Waals surface area contributed by atoms with Crippen molar-refractivity contribution in [3.05, 3.63) is 39.7 Å². The smallest absolute Gasteiger partial charge is 0.305 e. The number of nitro groups is 1. The maximum atomic E-state index is 13.8. The molecule has 0 heterocycles. The fourth-order valence-electron chi connectivity index (χ4n) is 1.68. The number of carbonyl (C=O) groups excluding carboxylic acids is 1. The van der Waals surface area contributed by atoms with Crippen molar-refractivity contribution in [2.75, 3.05) is 13.6 Å². The number of hydrogen-bond acceptors (Lipinski definition) is 4. The number of nitro benzene ring substituents is 1. The number of amides is 1. The van der Waals surface area contributed by atoms with E-state index in [-0.39, 0.29) is 18.0 Å². The molecular weight excluding hydrogens is 265 g/mol. The summed E-state index contributed by atoms with van der Waals surface area (Å²) in [6, 6.07) is 3.50. The van der Waals surface area contributed by atoms with E-state index in [2.05, 4.69) is 5.32 Å². The Labute approximate surface area is 116 Å². The first kappa shape index (κ1) is 16.0. The maximum absolute atomic E-state index is 13.8. The molecule has 1 rings (SSSR count). The minimum absolute atomic E-state index is 0.0535. The minimum atomic E-state index is -0.867. The lowest BCUT2D eigenvalue weighted by Gasteiger charge is -2.20. The molecule has 7 heteroatoms. The van der Waals surface area contributed by atoms with Crippen molar-refractivity contribution in [2.45, 2.75) is 26.4 Å². The van der Waals surface area contributed by atoms with Crippen molar-refractivity contribution in [1.29, 1.82) is 0 Å². The second-order valence-electron chi connectivity index (χ2n) is 4.46. The van der Waals surface area contributed by atoms with Crippen LogP contribution in [0.5, 0.6) is 0 Å². The second kappa shape index (κ2) is 6.95. The second-order valence-corrected chi connectivity index (χ2v) is 4.46. The van der Waals surface area contributed by atoms with Crippen LogP contribution >= 0.6 is 0 Å². The number of halogens is 1. The highest BCUT2D eigenvalue weighted by Crippen LogP contribution is 2.20. The van der Waals surface area contributed by atoms with Crippen LogP contribution in [0.1, 0.15) is 19.4 Å². The first-order valence-electron chi connectivity index (χ1n) is 6.28. The summed E-state index contributed by atoms with van der Waals surface area (Å²) in [5.74, 6) is -0.980. The molecule has 20 heavy (non-hydrogen) atoms. The van der Waals surface area contributed by atoms with Crippen LogP contribution in [0.3, 0.4) is 0 Å². The van der Waals surface area contributed by atoms with Gasteiger partial charge >= 0.3 is 5.69 Å². The number of rotatable bonds is 6. The molecule has 1 atom stereocenters. The third-order valence-electron chi connectivity index (χ3n) is 3.07. The number of nitrogens with zero attached hydrogens (tertiary/aromatic N) is 2. The molecule has 0 fully saturated rings. The average molecular weight is 283 g/mol. The van der Waals surface area contributed by atoms with Crippen LogP contribution in [0, 0.1) is 15.9 Å². The predicted octanol–water partition coefficient (Wildman–Crippen LogP) is 1.69. The van der Waals surface area contributed by atoms with Gasteiger partial charge in [0.25, 0.3) is 0 Å². The van der Waals surface area contributed by atoms with Gasteiger partial charge in [0.05, 0.1) is 11.0 Å². The van der Waals surface area contributed by atoms with E-state index in [0.717, 1.165) is 6.07 Å². The number of nitrogens with one attached hydrogen (secondary N) is 1. The van der Waals surface area contributed by atoms with Crippen molar-refractivity contribution in [2.24, 2.45) is 0 Å². The quantitative estimate of drug-likeness (QED) is 0.636. The minimum Gasteiger partial charge on any atom is -0.345 e. The van der Waals surface area contributed by atoms with Crippen molar-refractivity contribution in [3.8, 4) is 0 Å². The molecule has 1 unspecified atom stereocenters. The van der Waals surface area contributed by atoms with Gasteiger partial charge < -0.3 is 10.2 Å². The molecule has 0 aromatic heterocycles. The molecule has 0 aliphatic rings. The van der Waals surface area contributed by atoms with Gasteiger partial charge in [-0.3, -0.25) is 14.9 Å². The van der Waals surface area contributed by atoms with Crippen molar-refractivity contribution < 1.29 is 14.1 Å². The lowest BCUT2D eigenvalue weighted by Crippen LogP contribution is -2.42. The van der Waals surface area contributed by atoms with E-state index in [1.807, 2.05) is 6.92 Å². The van der Waals surface area contributed by atoms with E-state index in [9.17, 15) is 19.3 Å². The third-order valence-corrected chi connectivity index (χ3v) is 3.07. The van der Waals surface area contributed by atoms with Gasteiger partial charge in [-0.05, 0) is 13.8 Å². The Kier molecular flexibility index (Phi) is 5.57. The lowest BCUT2D eigenvalue weighted by atomic mass is 10.1. The standard InChI is InChI=1S/C13H18FN3O3/c1-4-16(3)13(18)9(2)15-8-10-6-5-7-11(12(10)14)17(19)20/h5-7,9,15H,4,8H2,1-3H3. The van der Waals surface area contributed by atoms with E-state index in [1.165, 1.54) is 12.1 Å². The summed E-state index contributed by atoms with van der Waals surface area (Å²) >= 11 is 0. The summed E-state index contributed by atoms with van der Waals surface area (Å²) in [5.41, 5.74) is -0.396. The van der Waals surface area contributed by atoms with E-state index in [1.54, 1.807) is 18.9 Å². The molecule has 6 nitrogen and oxygen atoms in total. The fraction of sp³-hybridized carbons (Fsp3) is 0.462. The van der Waals surface area contributed by atoms with Crippen LogP contribution in [0.4, 0.5) is 10.1 Å².